The largest absolute Gasteiger partial charge is 0.321 e. The summed E-state index contributed by atoms with van der Waals surface area (Å²) < 4.78 is 0. The van der Waals surface area contributed by atoms with Gasteiger partial charge in [-0.15, -0.1) is 0 Å². The number of benzene rings is 1. The first-order valence-corrected chi connectivity index (χ1v) is 5.62. The Balaban J connectivity index is 2.07. The van der Waals surface area contributed by atoms with Crippen molar-refractivity contribution in [3.8, 4) is 5.40 Å². The van der Waals surface area contributed by atoms with Crippen LogP contribution in [0.3, 0.4) is 0 Å². The summed E-state index contributed by atoms with van der Waals surface area (Å²) >= 11 is 1.26. The lowest BCUT2D eigenvalue weighted by Gasteiger charge is -2.08. The molecule has 0 saturated heterocycles. The summed E-state index contributed by atoms with van der Waals surface area (Å²) in [4.78, 5) is 0. The normalized spacial score (nSPS) is 17.4. The Morgan fingerprint density at radius 2 is 2.00 bits per heavy atom. The van der Waals surface area contributed by atoms with E-state index in [1.807, 2.05) is 0 Å². The predicted molar refractivity (Wildman–Crippen MR) is 58.4 cm³/mol. The monoisotopic (exact) mass is 204 g/mol. The van der Waals surface area contributed by atoms with Crippen LogP contribution in [0.1, 0.15) is 24.0 Å². The quantitative estimate of drug-likeness (QED) is 0.769. The van der Waals surface area contributed by atoms with Crippen molar-refractivity contribution in [2.45, 2.75) is 24.1 Å². The number of hydrogen-bond acceptors (Lipinski definition) is 3. The Hall–Kier alpha value is -0.980. The molecule has 1 fully saturated rings. The Morgan fingerprint density at radius 1 is 1.36 bits per heavy atom. The molecule has 0 heterocycles. The first kappa shape index (κ1) is 9.57. The van der Waals surface area contributed by atoms with Gasteiger partial charge in [-0.2, -0.15) is 5.26 Å². The van der Waals surface area contributed by atoms with Crippen molar-refractivity contribution < 1.29 is 0 Å². The van der Waals surface area contributed by atoms with E-state index in [1.54, 1.807) is 0 Å². The molecule has 0 unspecified atom stereocenters. The standard InChI is InChI=1S/C11H12N2S/c12-8-14-7-9-1-3-10(4-2-9)11(13)5-6-11/h1-4H,5-7,13H2. The van der Waals surface area contributed by atoms with Crippen LogP contribution in [-0.4, -0.2) is 0 Å². The maximum atomic E-state index is 8.41. The van der Waals surface area contributed by atoms with Crippen LogP contribution in [0.2, 0.25) is 0 Å². The number of nitrogens with zero attached hydrogens (tertiary/aromatic N) is 1. The Labute approximate surface area is 88.1 Å². The van der Waals surface area contributed by atoms with E-state index in [0.717, 1.165) is 18.6 Å². The average Bonchev–Trinajstić information content (AvgIpc) is 2.96. The van der Waals surface area contributed by atoms with E-state index in [4.69, 9.17) is 11.0 Å². The molecular formula is C11H12N2S. The van der Waals surface area contributed by atoms with Gasteiger partial charge in [0.15, 0.2) is 0 Å². The number of thioether (sulfide) groups is 1. The topological polar surface area (TPSA) is 49.8 Å². The van der Waals surface area contributed by atoms with E-state index >= 15 is 0 Å². The molecular weight excluding hydrogens is 192 g/mol. The summed E-state index contributed by atoms with van der Waals surface area (Å²) in [6.45, 7) is 0. The first-order valence-electron chi connectivity index (χ1n) is 4.64. The second-order valence-electron chi connectivity index (χ2n) is 3.73. The Kier molecular flexibility index (Phi) is 2.49. The van der Waals surface area contributed by atoms with Gasteiger partial charge in [-0.25, -0.2) is 0 Å². The molecule has 0 spiro atoms. The van der Waals surface area contributed by atoms with Crippen LogP contribution in [0, 0.1) is 10.7 Å². The highest BCUT2D eigenvalue weighted by molar-refractivity contribution is 8.02. The zero-order valence-corrected chi connectivity index (χ0v) is 8.68. The number of thiocyanates is 1. The van der Waals surface area contributed by atoms with Gasteiger partial charge < -0.3 is 5.73 Å². The van der Waals surface area contributed by atoms with Gasteiger partial charge in [0.05, 0.1) is 0 Å². The predicted octanol–water partition coefficient (Wildman–Crippen LogP) is 2.35. The molecule has 1 saturated carbocycles. The van der Waals surface area contributed by atoms with E-state index < -0.39 is 0 Å². The Bertz CT molecular complexity index is 360. The summed E-state index contributed by atoms with van der Waals surface area (Å²) in [5.41, 5.74) is 8.43. The summed E-state index contributed by atoms with van der Waals surface area (Å²) in [7, 11) is 0. The van der Waals surface area contributed by atoms with Crippen molar-refractivity contribution >= 4 is 11.8 Å². The molecule has 0 aliphatic heterocycles. The minimum absolute atomic E-state index is 0.0408. The molecule has 14 heavy (non-hydrogen) atoms. The number of rotatable bonds is 3. The summed E-state index contributed by atoms with van der Waals surface area (Å²) in [6.07, 6.45) is 2.19. The van der Waals surface area contributed by atoms with Gasteiger partial charge >= 0.3 is 0 Å². The van der Waals surface area contributed by atoms with Crippen LogP contribution in [-0.2, 0) is 11.3 Å². The van der Waals surface area contributed by atoms with E-state index in [1.165, 1.54) is 22.9 Å². The van der Waals surface area contributed by atoms with Crippen LogP contribution >= 0.6 is 11.8 Å². The zero-order chi connectivity index (χ0) is 10.0. The lowest BCUT2D eigenvalue weighted by atomic mass is 10.0. The summed E-state index contributed by atoms with van der Waals surface area (Å²) in [6, 6.07) is 8.29. The second-order valence-corrected chi connectivity index (χ2v) is 4.49. The molecule has 2 nitrogen and oxygen atoms in total. The van der Waals surface area contributed by atoms with Gasteiger partial charge in [-0.1, -0.05) is 24.3 Å². The van der Waals surface area contributed by atoms with Gasteiger partial charge in [0.1, 0.15) is 5.40 Å². The fourth-order valence-corrected chi connectivity index (χ4v) is 1.90. The second kappa shape index (κ2) is 3.64. The molecule has 0 amide bonds. The van der Waals surface area contributed by atoms with Gasteiger partial charge in [0, 0.05) is 11.3 Å². The molecule has 72 valence electrons. The minimum Gasteiger partial charge on any atom is -0.321 e. The van der Waals surface area contributed by atoms with Gasteiger partial charge in [0.2, 0.25) is 0 Å². The highest BCUT2D eigenvalue weighted by Gasteiger charge is 2.39. The number of nitrogens with two attached hydrogens (primary N) is 1. The van der Waals surface area contributed by atoms with Crippen LogP contribution in [0.5, 0.6) is 0 Å². The van der Waals surface area contributed by atoms with Crippen LogP contribution < -0.4 is 5.73 Å². The third kappa shape index (κ3) is 1.92. The van der Waals surface area contributed by atoms with E-state index in [-0.39, 0.29) is 5.54 Å². The lowest BCUT2D eigenvalue weighted by molar-refractivity contribution is 0.740. The molecule has 1 aliphatic rings. The SMILES string of the molecule is N#CSCc1ccc(C2(N)CC2)cc1. The van der Waals surface area contributed by atoms with Gasteiger partial charge in [0.25, 0.3) is 0 Å². The van der Waals surface area contributed by atoms with E-state index in [0.29, 0.717) is 0 Å². The van der Waals surface area contributed by atoms with E-state index in [2.05, 4.69) is 29.7 Å². The van der Waals surface area contributed by atoms with Crippen molar-refractivity contribution in [3.63, 3.8) is 0 Å². The fraction of sp³-hybridized carbons (Fsp3) is 0.364. The van der Waals surface area contributed by atoms with Crippen molar-refractivity contribution in [1.29, 1.82) is 5.26 Å². The lowest BCUT2D eigenvalue weighted by Crippen LogP contribution is -2.18. The number of hydrogen-bond donors (Lipinski definition) is 1. The van der Waals surface area contributed by atoms with Crippen molar-refractivity contribution in [2.75, 3.05) is 0 Å². The third-order valence-corrected chi connectivity index (χ3v) is 3.23. The van der Waals surface area contributed by atoms with Gasteiger partial charge in [-0.3, -0.25) is 0 Å². The van der Waals surface area contributed by atoms with Crippen molar-refractivity contribution in [2.24, 2.45) is 5.73 Å². The molecule has 0 radical (unpaired) electrons. The van der Waals surface area contributed by atoms with E-state index in [9.17, 15) is 0 Å². The molecule has 0 atom stereocenters. The van der Waals surface area contributed by atoms with Gasteiger partial charge in [-0.05, 0) is 35.7 Å². The Morgan fingerprint density at radius 3 is 2.50 bits per heavy atom. The maximum absolute atomic E-state index is 8.41. The molecule has 0 bridgehead atoms. The minimum atomic E-state index is -0.0408. The molecule has 2 rings (SSSR count). The average molecular weight is 204 g/mol. The van der Waals surface area contributed by atoms with Crippen LogP contribution in [0.25, 0.3) is 0 Å². The summed E-state index contributed by atoms with van der Waals surface area (Å²) in [5.74, 6) is 0.758. The molecule has 1 aromatic carbocycles. The van der Waals surface area contributed by atoms with Crippen molar-refractivity contribution in [1.82, 2.24) is 0 Å². The van der Waals surface area contributed by atoms with Crippen LogP contribution in [0.4, 0.5) is 0 Å². The molecule has 1 aromatic rings. The fourth-order valence-electron chi connectivity index (χ4n) is 1.47. The first-order chi connectivity index (χ1) is 6.74. The number of nitriles is 1. The highest BCUT2D eigenvalue weighted by Crippen LogP contribution is 2.42. The molecule has 3 heteroatoms. The molecule has 1 aliphatic carbocycles. The smallest absolute Gasteiger partial charge is 0.133 e. The maximum Gasteiger partial charge on any atom is 0.133 e. The van der Waals surface area contributed by atoms with Crippen molar-refractivity contribution in [3.05, 3.63) is 35.4 Å². The third-order valence-electron chi connectivity index (χ3n) is 2.62. The summed E-state index contributed by atoms with van der Waals surface area (Å²) in [5, 5.41) is 10.5. The van der Waals surface area contributed by atoms with Crippen LogP contribution in [0.15, 0.2) is 24.3 Å². The molecule has 2 N–H and O–H groups in total. The molecule has 0 aromatic heterocycles. The highest BCUT2D eigenvalue weighted by atomic mass is 32.2. The zero-order valence-electron chi connectivity index (χ0n) is 7.86.